The third-order valence-electron chi connectivity index (χ3n) is 1.94. The Bertz CT molecular complexity index is 561. The molecule has 7 nitrogen and oxygen atoms in total. The monoisotopic (exact) mass is 252 g/mol. The van der Waals surface area contributed by atoms with Crippen molar-refractivity contribution in [2.45, 2.75) is 6.92 Å². The fraction of sp³-hybridized carbons (Fsp3) is 0.222. The molecule has 0 aliphatic rings. The van der Waals surface area contributed by atoms with E-state index in [1.807, 2.05) is 0 Å². The lowest BCUT2D eigenvalue weighted by Gasteiger charge is -1.95. The van der Waals surface area contributed by atoms with Crippen LogP contribution in [0.2, 0.25) is 0 Å². The van der Waals surface area contributed by atoms with Gasteiger partial charge in [-0.25, -0.2) is 14.8 Å². The predicted octanol–water partition coefficient (Wildman–Crippen LogP) is 0.917. The molecule has 8 heteroatoms. The highest BCUT2D eigenvalue weighted by Gasteiger charge is 2.23. The van der Waals surface area contributed by atoms with Crippen LogP contribution < -0.4 is 0 Å². The predicted molar refractivity (Wildman–Crippen MR) is 58.8 cm³/mol. The fourth-order valence-electron chi connectivity index (χ4n) is 1.20. The molecule has 0 aliphatic heterocycles. The summed E-state index contributed by atoms with van der Waals surface area (Å²) in [5, 5.41) is 6.71. The van der Waals surface area contributed by atoms with Crippen LogP contribution in [0.4, 0.5) is 0 Å². The third-order valence-corrected chi connectivity index (χ3v) is 3.11. The number of carbonyl (C=O) groups excluding carboxylic acids is 2. The van der Waals surface area contributed by atoms with Crippen molar-refractivity contribution in [3.8, 4) is 10.8 Å². The van der Waals surface area contributed by atoms with Gasteiger partial charge in [-0.1, -0.05) is 0 Å². The number of methoxy groups -OCH3 is 1. The SMILES string of the molecule is COC(=O)c1nc(-c2ncn[nH]2)sc1C(C)=O. The first-order valence-corrected chi connectivity index (χ1v) is 5.41. The molecule has 0 bridgehead atoms. The molecule has 0 spiro atoms. The summed E-state index contributed by atoms with van der Waals surface area (Å²) in [5.74, 6) is -0.474. The van der Waals surface area contributed by atoms with Gasteiger partial charge in [-0.05, 0) is 0 Å². The molecule has 0 radical (unpaired) electrons. The van der Waals surface area contributed by atoms with Gasteiger partial charge in [0, 0.05) is 6.92 Å². The van der Waals surface area contributed by atoms with E-state index in [0.717, 1.165) is 11.3 Å². The summed E-state index contributed by atoms with van der Waals surface area (Å²) in [6.45, 7) is 1.37. The number of H-pyrrole nitrogens is 1. The number of aromatic amines is 1. The molecule has 0 atom stereocenters. The molecule has 0 fully saturated rings. The molecule has 0 aliphatic carbocycles. The van der Waals surface area contributed by atoms with Crippen molar-refractivity contribution in [2.75, 3.05) is 7.11 Å². The molecule has 1 N–H and O–H groups in total. The van der Waals surface area contributed by atoms with Crippen molar-refractivity contribution in [1.82, 2.24) is 20.2 Å². The van der Waals surface area contributed by atoms with Gasteiger partial charge in [-0.2, -0.15) is 5.10 Å². The highest BCUT2D eigenvalue weighted by molar-refractivity contribution is 7.17. The number of rotatable bonds is 3. The summed E-state index contributed by atoms with van der Waals surface area (Å²) < 4.78 is 4.56. The minimum absolute atomic E-state index is 0.0106. The van der Waals surface area contributed by atoms with E-state index in [0.29, 0.717) is 10.8 Å². The second kappa shape index (κ2) is 4.42. The van der Waals surface area contributed by atoms with E-state index in [1.54, 1.807) is 0 Å². The average molecular weight is 252 g/mol. The number of nitrogens with zero attached hydrogens (tertiary/aromatic N) is 3. The number of hydrogen-bond acceptors (Lipinski definition) is 7. The largest absolute Gasteiger partial charge is 0.464 e. The number of esters is 1. The Kier molecular flexibility index (Phi) is 2.96. The smallest absolute Gasteiger partial charge is 0.358 e. The third kappa shape index (κ3) is 2.07. The number of thiazole rings is 1. The normalized spacial score (nSPS) is 10.2. The van der Waals surface area contributed by atoms with E-state index < -0.39 is 5.97 Å². The zero-order valence-electron chi connectivity index (χ0n) is 9.05. The standard InChI is InChI=1S/C9H8N4O3S/c1-4(14)6-5(9(15)16-2)12-8(17-6)7-10-3-11-13-7/h3H,1-2H3,(H,10,11,13). The van der Waals surface area contributed by atoms with E-state index in [-0.39, 0.29) is 16.4 Å². The van der Waals surface area contributed by atoms with Crippen LogP contribution in [0.15, 0.2) is 6.33 Å². The molecule has 2 rings (SSSR count). The van der Waals surface area contributed by atoms with Gasteiger partial charge in [-0.15, -0.1) is 11.3 Å². The van der Waals surface area contributed by atoms with Gasteiger partial charge in [0.1, 0.15) is 11.2 Å². The lowest BCUT2D eigenvalue weighted by molar-refractivity contribution is 0.0591. The zero-order chi connectivity index (χ0) is 12.4. The number of hydrogen-bond donors (Lipinski definition) is 1. The van der Waals surface area contributed by atoms with Crippen LogP contribution >= 0.6 is 11.3 Å². The molecule has 0 unspecified atom stereocenters. The maximum absolute atomic E-state index is 11.4. The molecule has 0 saturated heterocycles. The molecular weight excluding hydrogens is 244 g/mol. The Labute approximate surface area is 99.9 Å². The maximum atomic E-state index is 11.4. The second-order valence-electron chi connectivity index (χ2n) is 3.08. The van der Waals surface area contributed by atoms with Crippen molar-refractivity contribution < 1.29 is 14.3 Å². The first-order valence-electron chi connectivity index (χ1n) is 4.59. The van der Waals surface area contributed by atoms with Crippen LogP contribution in [0.1, 0.15) is 27.1 Å². The van der Waals surface area contributed by atoms with E-state index in [2.05, 4.69) is 24.9 Å². The Morgan fingerprint density at radius 3 is 2.76 bits per heavy atom. The highest BCUT2D eigenvalue weighted by Crippen LogP contribution is 2.26. The molecule has 0 aromatic carbocycles. The van der Waals surface area contributed by atoms with Crippen molar-refractivity contribution in [1.29, 1.82) is 0 Å². The van der Waals surface area contributed by atoms with Crippen LogP contribution in [-0.2, 0) is 4.74 Å². The van der Waals surface area contributed by atoms with E-state index in [4.69, 9.17) is 0 Å². The molecule has 2 heterocycles. The van der Waals surface area contributed by atoms with Crippen LogP contribution in [0, 0.1) is 0 Å². The lowest BCUT2D eigenvalue weighted by Crippen LogP contribution is -2.06. The lowest BCUT2D eigenvalue weighted by atomic mass is 10.3. The number of Topliss-reactive ketones (excluding diaryl/α,β-unsaturated/α-hetero) is 1. The summed E-state index contributed by atoms with van der Waals surface area (Å²) in [7, 11) is 1.24. The summed E-state index contributed by atoms with van der Waals surface area (Å²) in [5.41, 5.74) is 0.0106. The summed E-state index contributed by atoms with van der Waals surface area (Å²) >= 11 is 1.07. The van der Waals surface area contributed by atoms with Gasteiger partial charge in [-0.3, -0.25) is 9.89 Å². The fourth-order valence-corrected chi connectivity index (χ4v) is 2.10. The molecule has 2 aromatic heterocycles. The number of carbonyl (C=O) groups is 2. The Hall–Kier alpha value is -2.09. The number of aromatic nitrogens is 4. The van der Waals surface area contributed by atoms with Gasteiger partial charge in [0.2, 0.25) is 0 Å². The van der Waals surface area contributed by atoms with Crippen molar-refractivity contribution in [2.24, 2.45) is 0 Å². The molecule has 0 saturated carbocycles. The number of nitrogens with one attached hydrogen (secondary N) is 1. The topological polar surface area (TPSA) is 97.8 Å². The van der Waals surface area contributed by atoms with Crippen molar-refractivity contribution in [3.05, 3.63) is 16.9 Å². The van der Waals surface area contributed by atoms with Gasteiger partial charge in [0.15, 0.2) is 22.3 Å². The Morgan fingerprint density at radius 2 is 2.24 bits per heavy atom. The first kappa shape index (κ1) is 11.4. The molecule has 17 heavy (non-hydrogen) atoms. The van der Waals surface area contributed by atoms with Crippen LogP contribution in [0.25, 0.3) is 10.8 Å². The second-order valence-corrected chi connectivity index (χ2v) is 4.08. The first-order chi connectivity index (χ1) is 8.13. The van der Waals surface area contributed by atoms with Crippen molar-refractivity contribution in [3.63, 3.8) is 0 Å². The number of ether oxygens (including phenoxy) is 1. The van der Waals surface area contributed by atoms with Gasteiger partial charge in [0.25, 0.3) is 0 Å². The van der Waals surface area contributed by atoms with Gasteiger partial charge in [0.05, 0.1) is 7.11 Å². The molecule has 0 amide bonds. The molecule has 88 valence electrons. The van der Waals surface area contributed by atoms with Gasteiger partial charge < -0.3 is 4.74 Å². The zero-order valence-corrected chi connectivity index (χ0v) is 9.87. The highest BCUT2D eigenvalue weighted by atomic mass is 32.1. The summed E-state index contributed by atoms with van der Waals surface area (Å²) in [6.07, 6.45) is 1.32. The Balaban J connectivity index is 2.52. The summed E-state index contributed by atoms with van der Waals surface area (Å²) in [4.78, 5) is 31.0. The quantitative estimate of drug-likeness (QED) is 0.644. The molecule has 2 aromatic rings. The average Bonchev–Trinajstić information content (AvgIpc) is 2.95. The van der Waals surface area contributed by atoms with E-state index in [9.17, 15) is 9.59 Å². The van der Waals surface area contributed by atoms with Crippen LogP contribution in [-0.4, -0.2) is 39.0 Å². The van der Waals surface area contributed by atoms with E-state index in [1.165, 1.54) is 20.4 Å². The number of ketones is 1. The van der Waals surface area contributed by atoms with Gasteiger partial charge >= 0.3 is 5.97 Å². The summed E-state index contributed by atoms with van der Waals surface area (Å²) in [6, 6.07) is 0. The Morgan fingerprint density at radius 1 is 1.47 bits per heavy atom. The maximum Gasteiger partial charge on any atom is 0.358 e. The van der Waals surface area contributed by atoms with Crippen LogP contribution in [0.3, 0.4) is 0 Å². The minimum atomic E-state index is -0.641. The van der Waals surface area contributed by atoms with Crippen LogP contribution in [0.5, 0.6) is 0 Å². The minimum Gasteiger partial charge on any atom is -0.464 e. The van der Waals surface area contributed by atoms with E-state index >= 15 is 0 Å². The van der Waals surface area contributed by atoms with Crippen molar-refractivity contribution >= 4 is 23.1 Å². The molecular formula is C9H8N4O3S.